The molecular formula is C13H20N2O. The molecule has 0 radical (unpaired) electrons. The minimum absolute atomic E-state index is 0.0737. The quantitative estimate of drug-likeness (QED) is 0.826. The van der Waals surface area contributed by atoms with Gasteiger partial charge in [0.15, 0.2) is 0 Å². The Labute approximate surface area is 97.1 Å². The molecule has 0 spiro atoms. The summed E-state index contributed by atoms with van der Waals surface area (Å²) in [7, 11) is 0. The summed E-state index contributed by atoms with van der Waals surface area (Å²) in [5, 5.41) is 9.30. The van der Waals surface area contributed by atoms with Gasteiger partial charge in [0, 0.05) is 24.8 Å². The van der Waals surface area contributed by atoms with Gasteiger partial charge in [-0.2, -0.15) is 0 Å². The van der Waals surface area contributed by atoms with Crippen LogP contribution in [0.5, 0.6) is 0 Å². The minimum atomic E-state index is 0.0737. The zero-order valence-corrected chi connectivity index (χ0v) is 9.89. The fourth-order valence-electron chi connectivity index (χ4n) is 2.19. The number of pyridine rings is 1. The number of rotatable bonds is 5. The van der Waals surface area contributed by atoms with Crippen LogP contribution in [0.25, 0.3) is 0 Å². The van der Waals surface area contributed by atoms with Crippen molar-refractivity contribution in [3.05, 3.63) is 23.9 Å². The number of aromatic nitrogens is 1. The largest absolute Gasteiger partial charge is 0.392 e. The third-order valence-electron chi connectivity index (χ3n) is 3.42. The molecule has 0 amide bonds. The molecule has 1 fully saturated rings. The normalized spacial score (nSPS) is 15.9. The van der Waals surface area contributed by atoms with Gasteiger partial charge in [0.2, 0.25) is 0 Å². The van der Waals surface area contributed by atoms with Gasteiger partial charge in [0.25, 0.3) is 0 Å². The molecule has 2 rings (SSSR count). The molecule has 1 saturated carbocycles. The maximum absolute atomic E-state index is 9.30. The van der Waals surface area contributed by atoms with Crippen molar-refractivity contribution in [2.45, 2.75) is 32.8 Å². The van der Waals surface area contributed by atoms with Gasteiger partial charge in [0.05, 0.1) is 6.61 Å². The number of anilines is 1. The van der Waals surface area contributed by atoms with E-state index < -0.39 is 0 Å². The SMILES string of the molecule is CCN(CC1CCC1)c1ncccc1CO. The summed E-state index contributed by atoms with van der Waals surface area (Å²) < 4.78 is 0. The van der Waals surface area contributed by atoms with Crippen molar-refractivity contribution in [1.82, 2.24) is 4.98 Å². The Morgan fingerprint density at radius 3 is 2.88 bits per heavy atom. The molecule has 0 saturated heterocycles. The molecule has 88 valence electrons. The second-order valence-corrected chi connectivity index (χ2v) is 4.48. The van der Waals surface area contributed by atoms with Gasteiger partial charge >= 0.3 is 0 Å². The average molecular weight is 220 g/mol. The van der Waals surface area contributed by atoms with E-state index in [1.807, 2.05) is 12.1 Å². The van der Waals surface area contributed by atoms with Crippen molar-refractivity contribution >= 4 is 5.82 Å². The number of aliphatic hydroxyl groups is 1. The van der Waals surface area contributed by atoms with Crippen LogP contribution in [0.1, 0.15) is 31.7 Å². The Kier molecular flexibility index (Phi) is 3.78. The molecule has 0 atom stereocenters. The first kappa shape index (κ1) is 11.4. The molecule has 0 aromatic carbocycles. The third kappa shape index (κ3) is 2.35. The number of nitrogens with zero attached hydrogens (tertiary/aromatic N) is 2. The summed E-state index contributed by atoms with van der Waals surface area (Å²) in [4.78, 5) is 6.69. The number of hydrogen-bond acceptors (Lipinski definition) is 3. The second kappa shape index (κ2) is 5.30. The molecule has 1 aromatic rings. The fourth-order valence-corrected chi connectivity index (χ4v) is 2.19. The summed E-state index contributed by atoms with van der Waals surface area (Å²) in [6.07, 6.45) is 5.87. The molecule has 1 aliphatic rings. The number of aliphatic hydroxyl groups excluding tert-OH is 1. The fraction of sp³-hybridized carbons (Fsp3) is 0.615. The van der Waals surface area contributed by atoms with Crippen LogP contribution in [0.2, 0.25) is 0 Å². The Hall–Kier alpha value is -1.09. The lowest BCUT2D eigenvalue weighted by molar-refractivity contribution is 0.280. The van der Waals surface area contributed by atoms with Crippen molar-refractivity contribution in [1.29, 1.82) is 0 Å². The van der Waals surface area contributed by atoms with E-state index in [0.717, 1.165) is 30.4 Å². The molecule has 16 heavy (non-hydrogen) atoms. The van der Waals surface area contributed by atoms with Crippen LogP contribution in [-0.2, 0) is 6.61 Å². The molecule has 1 N–H and O–H groups in total. The van der Waals surface area contributed by atoms with Crippen molar-refractivity contribution < 1.29 is 5.11 Å². The van der Waals surface area contributed by atoms with Crippen LogP contribution in [0.15, 0.2) is 18.3 Å². The summed E-state index contributed by atoms with van der Waals surface area (Å²) >= 11 is 0. The molecule has 0 unspecified atom stereocenters. The summed E-state index contributed by atoms with van der Waals surface area (Å²) in [6.45, 7) is 4.26. The summed E-state index contributed by atoms with van der Waals surface area (Å²) in [5.41, 5.74) is 0.934. The highest BCUT2D eigenvalue weighted by Crippen LogP contribution is 2.29. The molecule has 3 nitrogen and oxygen atoms in total. The zero-order chi connectivity index (χ0) is 11.4. The Morgan fingerprint density at radius 1 is 1.50 bits per heavy atom. The highest BCUT2D eigenvalue weighted by atomic mass is 16.3. The first-order chi connectivity index (χ1) is 7.85. The molecule has 0 aliphatic heterocycles. The van der Waals surface area contributed by atoms with Gasteiger partial charge in [-0.15, -0.1) is 0 Å². The van der Waals surface area contributed by atoms with Crippen molar-refractivity contribution in [3.63, 3.8) is 0 Å². The number of hydrogen-bond donors (Lipinski definition) is 1. The van der Waals surface area contributed by atoms with E-state index in [1.54, 1.807) is 6.20 Å². The molecule has 0 bridgehead atoms. The van der Waals surface area contributed by atoms with E-state index in [0.29, 0.717) is 0 Å². The van der Waals surface area contributed by atoms with E-state index in [-0.39, 0.29) is 6.61 Å². The first-order valence-corrected chi connectivity index (χ1v) is 6.14. The molecule has 1 heterocycles. The third-order valence-corrected chi connectivity index (χ3v) is 3.42. The molecule has 1 aliphatic carbocycles. The molecule has 1 aromatic heterocycles. The smallest absolute Gasteiger partial charge is 0.134 e. The van der Waals surface area contributed by atoms with Crippen LogP contribution in [0.4, 0.5) is 5.82 Å². The lowest BCUT2D eigenvalue weighted by Gasteiger charge is -2.33. The predicted octanol–water partition coefficient (Wildman–Crippen LogP) is 2.20. The Balaban J connectivity index is 2.11. The molecular weight excluding hydrogens is 200 g/mol. The van der Waals surface area contributed by atoms with Gasteiger partial charge in [0.1, 0.15) is 5.82 Å². The monoisotopic (exact) mass is 220 g/mol. The van der Waals surface area contributed by atoms with E-state index >= 15 is 0 Å². The highest BCUT2D eigenvalue weighted by molar-refractivity contribution is 5.46. The van der Waals surface area contributed by atoms with Gasteiger partial charge < -0.3 is 10.0 Å². The maximum atomic E-state index is 9.30. The second-order valence-electron chi connectivity index (χ2n) is 4.48. The lowest BCUT2D eigenvalue weighted by atomic mass is 9.85. The van der Waals surface area contributed by atoms with Gasteiger partial charge in [-0.3, -0.25) is 0 Å². The molecule has 3 heteroatoms. The standard InChI is InChI=1S/C13H20N2O/c1-2-15(9-11-5-3-6-11)13-12(10-16)7-4-8-14-13/h4,7-8,11,16H,2-3,5-6,9-10H2,1H3. The van der Waals surface area contributed by atoms with Crippen LogP contribution < -0.4 is 4.90 Å². The summed E-state index contributed by atoms with van der Waals surface area (Å²) in [5.74, 6) is 1.79. The summed E-state index contributed by atoms with van der Waals surface area (Å²) in [6, 6.07) is 3.83. The van der Waals surface area contributed by atoms with E-state index in [2.05, 4.69) is 16.8 Å². The van der Waals surface area contributed by atoms with E-state index in [1.165, 1.54) is 19.3 Å². The van der Waals surface area contributed by atoms with Crippen LogP contribution in [0, 0.1) is 5.92 Å². The lowest BCUT2D eigenvalue weighted by Crippen LogP contribution is -2.33. The topological polar surface area (TPSA) is 36.4 Å². The van der Waals surface area contributed by atoms with Crippen LogP contribution in [0.3, 0.4) is 0 Å². The Bertz CT molecular complexity index is 336. The van der Waals surface area contributed by atoms with Crippen molar-refractivity contribution in [2.75, 3.05) is 18.0 Å². The van der Waals surface area contributed by atoms with Gasteiger partial charge in [-0.05, 0) is 31.7 Å². The van der Waals surface area contributed by atoms with E-state index in [4.69, 9.17) is 0 Å². The Morgan fingerprint density at radius 2 is 2.31 bits per heavy atom. The van der Waals surface area contributed by atoms with Gasteiger partial charge in [-0.1, -0.05) is 12.5 Å². The first-order valence-electron chi connectivity index (χ1n) is 6.14. The van der Waals surface area contributed by atoms with E-state index in [9.17, 15) is 5.11 Å². The highest BCUT2D eigenvalue weighted by Gasteiger charge is 2.21. The van der Waals surface area contributed by atoms with Crippen LogP contribution in [-0.4, -0.2) is 23.2 Å². The minimum Gasteiger partial charge on any atom is -0.392 e. The maximum Gasteiger partial charge on any atom is 0.134 e. The van der Waals surface area contributed by atoms with Crippen LogP contribution >= 0.6 is 0 Å². The van der Waals surface area contributed by atoms with Crippen molar-refractivity contribution in [3.8, 4) is 0 Å². The predicted molar refractivity (Wildman–Crippen MR) is 65.4 cm³/mol. The zero-order valence-electron chi connectivity index (χ0n) is 9.89. The van der Waals surface area contributed by atoms with Crippen molar-refractivity contribution in [2.24, 2.45) is 5.92 Å². The average Bonchev–Trinajstić information content (AvgIpc) is 2.28. The van der Waals surface area contributed by atoms with Gasteiger partial charge in [-0.25, -0.2) is 4.98 Å².